The maximum absolute atomic E-state index is 11.1. The maximum Gasteiger partial charge on any atom is 0.305 e. The van der Waals surface area contributed by atoms with Gasteiger partial charge in [-0.25, -0.2) is 0 Å². The largest absolute Gasteiger partial charge is 0.493 e. The number of nitrogen functional groups attached to an aromatic ring is 1. The zero-order chi connectivity index (χ0) is 14.1. The highest BCUT2D eigenvalue weighted by Crippen LogP contribution is 2.21. The fraction of sp³-hybridized carbons (Fsp3) is 0.533. The molecule has 4 nitrogen and oxygen atoms in total. The summed E-state index contributed by atoms with van der Waals surface area (Å²) in [5.74, 6) is 0.723. The molecule has 0 spiro atoms. The molecule has 19 heavy (non-hydrogen) atoms. The first-order chi connectivity index (χ1) is 9.13. The van der Waals surface area contributed by atoms with Gasteiger partial charge in [-0.2, -0.15) is 0 Å². The van der Waals surface area contributed by atoms with Crippen LogP contribution >= 0.6 is 0 Å². The van der Waals surface area contributed by atoms with E-state index in [-0.39, 0.29) is 5.97 Å². The number of carbonyl (C=O) groups excluding carboxylic acids is 1. The van der Waals surface area contributed by atoms with Crippen LogP contribution < -0.4 is 10.5 Å². The Balaban J connectivity index is 2.14. The van der Waals surface area contributed by atoms with E-state index in [1.807, 2.05) is 32.0 Å². The van der Waals surface area contributed by atoms with Crippen LogP contribution in [0.2, 0.25) is 0 Å². The minimum Gasteiger partial charge on any atom is -0.493 e. The molecule has 0 saturated heterocycles. The van der Waals surface area contributed by atoms with Crippen molar-refractivity contribution in [3.05, 3.63) is 23.8 Å². The van der Waals surface area contributed by atoms with Crippen molar-refractivity contribution >= 4 is 11.7 Å². The summed E-state index contributed by atoms with van der Waals surface area (Å²) in [4.78, 5) is 11.1. The molecule has 0 fully saturated rings. The van der Waals surface area contributed by atoms with E-state index in [0.717, 1.165) is 30.6 Å². The van der Waals surface area contributed by atoms with Gasteiger partial charge in [0.05, 0.1) is 13.2 Å². The SMILES string of the molecule is CCOC(=O)CCCCCOc1cc(N)ccc1C. The fourth-order valence-electron chi connectivity index (χ4n) is 1.74. The number of unbranched alkanes of at least 4 members (excludes halogenated alkanes) is 2. The Morgan fingerprint density at radius 3 is 2.79 bits per heavy atom. The Hall–Kier alpha value is -1.71. The van der Waals surface area contributed by atoms with Crippen molar-refractivity contribution in [3.63, 3.8) is 0 Å². The van der Waals surface area contributed by atoms with Crippen molar-refractivity contribution < 1.29 is 14.3 Å². The third kappa shape index (κ3) is 6.13. The molecule has 0 heterocycles. The van der Waals surface area contributed by atoms with E-state index >= 15 is 0 Å². The third-order valence-electron chi connectivity index (χ3n) is 2.80. The molecule has 0 aliphatic rings. The van der Waals surface area contributed by atoms with Gasteiger partial charge in [-0.05, 0) is 44.7 Å². The zero-order valence-electron chi connectivity index (χ0n) is 11.8. The molecule has 1 aromatic carbocycles. The second-order valence-corrected chi connectivity index (χ2v) is 4.49. The highest BCUT2D eigenvalue weighted by molar-refractivity contribution is 5.69. The van der Waals surface area contributed by atoms with Crippen LogP contribution in [-0.2, 0) is 9.53 Å². The number of benzene rings is 1. The molecule has 4 heteroatoms. The van der Waals surface area contributed by atoms with E-state index in [9.17, 15) is 4.79 Å². The van der Waals surface area contributed by atoms with Crippen LogP contribution in [0, 0.1) is 6.92 Å². The Kier molecular flexibility index (Phi) is 6.79. The molecule has 1 aromatic rings. The summed E-state index contributed by atoms with van der Waals surface area (Å²) in [5.41, 5.74) is 7.50. The summed E-state index contributed by atoms with van der Waals surface area (Å²) in [7, 11) is 0. The van der Waals surface area contributed by atoms with Crippen molar-refractivity contribution in [1.82, 2.24) is 0 Å². The van der Waals surface area contributed by atoms with Crippen molar-refractivity contribution in [2.24, 2.45) is 0 Å². The van der Waals surface area contributed by atoms with Gasteiger partial charge in [0.15, 0.2) is 0 Å². The molecule has 0 unspecified atom stereocenters. The fourth-order valence-corrected chi connectivity index (χ4v) is 1.74. The van der Waals surface area contributed by atoms with Gasteiger partial charge in [-0.15, -0.1) is 0 Å². The van der Waals surface area contributed by atoms with Gasteiger partial charge in [0, 0.05) is 18.2 Å². The molecule has 1 rings (SSSR count). The van der Waals surface area contributed by atoms with Crippen molar-refractivity contribution in [2.75, 3.05) is 18.9 Å². The van der Waals surface area contributed by atoms with Crippen LogP contribution in [0.1, 0.15) is 38.2 Å². The molecule has 2 N–H and O–H groups in total. The van der Waals surface area contributed by atoms with E-state index in [4.69, 9.17) is 15.2 Å². The molecule has 0 aromatic heterocycles. The standard InChI is InChI=1S/C15H23NO3/c1-3-18-15(17)7-5-4-6-10-19-14-11-13(16)9-8-12(14)2/h8-9,11H,3-7,10,16H2,1-2H3. The zero-order valence-corrected chi connectivity index (χ0v) is 11.8. The van der Waals surface area contributed by atoms with Gasteiger partial charge < -0.3 is 15.2 Å². The number of esters is 1. The highest BCUT2D eigenvalue weighted by Gasteiger charge is 2.02. The number of nitrogens with two attached hydrogens (primary N) is 1. The van der Waals surface area contributed by atoms with Crippen LogP contribution in [0.25, 0.3) is 0 Å². The van der Waals surface area contributed by atoms with Gasteiger partial charge in [-0.3, -0.25) is 4.79 Å². The van der Waals surface area contributed by atoms with Crippen molar-refractivity contribution in [2.45, 2.75) is 39.5 Å². The smallest absolute Gasteiger partial charge is 0.305 e. The minimum absolute atomic E-state index is 0.116. The normalized spacial score (nSPS) is 10.2. The lowest BCUT2D eigenvalue weighted by atomic mass is 10.2. The quantitative estimate of drug-likeness (QED) is 0.446. The van der Waals surface area contributed by atoms with Gasteiger partial charge >= 0.3 is 5.97 Å². The number of hydrogen-bond donors (Lipinski definition) is 1. The molecule has 0 radical (unpaired) electrons. The van der Waals surface area contributed by atoms with Crippen LogP contribution in [0.3, 0.4) is 0 Å². The topological polar surface area (TPSA) is 61.5 Å². The summed E-state index contributed by atoms with van der Waals surface area (Å²) in [6.45, 7) is 4.92. The Labute approximate surface area is 114 Å². The molecule has 0 bridgehead atoms. The number of carbonyl (C=O) groups is 1. The van der Waals surface area contributed by atoms with E-state index in [2.05, 4.69) is 0 Å². The van der Waals surface area contributed by atoms with Gasteiger partial charge in [0.1, 0.15) is 5.75 Å². The number of ether oxygens (including phenoxy) is 2. The van der Waals surface area contributed by atoms with E-state index in [1.54, 1.807) is 0 Å². The summed E-state index contributed by atoms with van der Waals surface area (Å²) < 4.78 is 10.5. The predicted molar refractivity (Wildman–Crippen MR) is 76.2 cm³/mol. The second kappa shape index (κ2) is 8.40. The number of anilines is 1. The monoisotopic (exact) mass is 265 g/mol. The average molecular weight is 265 g/mol. The van der Waals surface area contributed by atoms with Gasteiger partial charge in [0.2, 0.25) is 0 Å². The number of rotatable bonds is 8. The van der Waals surface area contributed by atoms with Crippen LogP contribution in [-0.4, -0.2) is 19.2 Å². The maximum atomic E-state index is 11.1. The van der Waals surface area contributed by atoms with Crippen LogP contribution in [0.15, 0.2) is 18.2 Å². The molecule has 0 amide bonds. The Morgan fingerprint density at radius 2 is 2.05 bits per heavy atom. The lowest BCUT2D eigenvalue weighted by molar-refractivity contribution is -0.143. The summed E-state index contributed by atoms with van der Waals surface area (Å²) >= 11 is 0. The van der Waals surface area contributed by atoms with E-state index < -0.39 is 0 Å². The van der Waals surface area contributed by atoms with Gasteiger partial charge in [-0.1, -0.05) is 6.07 Å². The summed E-state index contributed by atoms with van der Waals surface area (Å²) in [5, 5.41) is 0. The van der Waals surface area contributed by atoms with Crippen molar-refractivity contribution in [3.8, 4) is 5.75 Å². The molecule has 0 atom stereocenters. The predicted octanol–water partition coefficient (Wildman–Crippen LogP) is 3.08. The van der Waals surface area contributed by atoms with Crippen LogP contribution in [0.5, 0.6) is 5.75 Å². The lowest BCUT2D eigenvalue weighted by Gasteiger charge is -2.09. The first kappa shape index (κ1) is 15.3. The molecular weight excluding hydrogens is 242 g/mol. The van der Waals surface area contributed by atoms with E-state index in [1.165, 1.54) is 0 Å². The second-order valence-electron chi connectivity index (χ2n) is 4.49. The highest BCUT2D eigenvalue weighted by atomic mass is 16.5. The lowest BCUT2D eigenvalue weighted by Crippen LogP contribution is -2.04. The number of hydrogen-bond acceptors (Lipinski definition) is 4. The Bertz CT molecular complexity index is 404. The van der Waals surface area contributed by atoms with Crippen molar-refractivity contribution in [1.29, 1.82) is 0 Å². The van der Waals surface area contributed by atoms with E-state index in [0.29, 0.717) is 25.3 Å². The average Bonchev–Trinajstić information content (AvgIpc) is 2.38. The Morgan fingerprint density at radius 1 is 1.26 bits per heavy atom. The van der Waals surface area contributed by atoms with Crippen LogP contribution in [0.4, 0.5) is 5.69 Å². The first-order valence-electron chi connectivity index (χ1n) is 6.78. The molecule has 106 valence electrons. The first-order valence-corrected chi connectivity index (χ1v) is 6.78. The minimum atomic E-state index is -0.116. The molecule has 0 saturated carbocycles. The summed E-state index contributed by atoms with van der Waals surface area (Å²) in [6.07, 6.45) is 3.22. The molecule has 0 aliphatic carbocycles. The summed E-state index contributed by atoms with van der Waals surface area (Å²) in [6, 6.07) is 5.65. The third-order valence-corrected chi connectivity index (χ3v) is 2.80. The van der Waals surface area contributed by atoms with Gasteiger partial charge in [0.25, 0.3) is 0 Å². The molecule has 0 aliphatic heterocycles. The number of aryl methyl sites for hydroxylation is 1. The molecular formula is C15H23NO3.